The molecule has 0 N–H and O–H groups in total. The molecule has 1 atom stereocenters. The van der Waals surface area contributed by atoms with Gasteiger partial charge in [-0.3, -0.25) is 0 Å². The Labute approximate surface area is 116 Å². The second kappa shape index (κ2) is 5.77. The highest BCUT2D eigenvalue weighted by molar-refractivity contribution is 6.32. The van der Waals surface area contributed by atoms with E-state index in [1.165, 1.54) is 0 Å². The summed E-state index contributed by atoms with van der Waals surface area (Å²) in [4.78, 5) is 0. The minimum Gasteiger partial charge on any atom is -0.117 e. The Bertz CT molecular complexity index is 508. The molecule has 0 aliphatic heterocycles. The van der Waals surface area contributed by atoms with E-state index in [1.807, 2.05) is 48.5 Å². The largest absolute Gasteiger partial charge is 0.117 e. The fourth-order valence-electron chi connectivity index (χ4n) is 1.71. The minimum absolute atomic E-state index is 0.137. The first-order chi connectivity index (χ1) is 8.16. The molecule has 0 aromatic heterocycles. The maximum atomic E-state index is 6.37. The summed E-state index contributed by atoms with van der Waals surface area (Å²) in [5.74, 6) is 0. The van der Waals surface area contributed by atoms with Gasteiger partial charge >= 0.3 is 0 Å². The van der Waals surface area contributed by atoms with Crippen LogP contribution in [0.25, 0.3) is 0 Å². The number of benzene rings is 2. The maximum absolute atomic E-state index is 6.37. The highest BCUT2D eigenvalue weighted by Crippen LogP contribution is 2.30. The summed E-state index contributed by atoms with van der Waals surface area (Å²) < 4.78 is 0. The molecule has 0 radical (unpaired) electrons. The molecule has 3 heteroatoms. The van der Waals surface area contributed by atoms with Crippen molar-refractivity contribution in [3.63, 3.8) is 0 Å². The van der Waals surface area contributed by atoms with Crippen molar-refractivity contribution in [1.29, 1.82) is 0 Å². The standard InChI is InChI=1S/C14H11Cl3/c15-11-5-3-4-10(8-11)9-14(17)12-6-1-2-7-13(12)16/h1-8,14H,9H2. The minimum atomic E-state index is -0.137. The van der Waals surface area contributed by atoms with Crippen LogP contribution in [-0.4, -0.2) is 0 Å². The fraction of sp³-hybridized carbons (Fsp3) is 0.143. The van der Waals surface area contributed by atoms with Crippen molar-refractivity contribution >= 4 is 34.8 Å². The van der Waals surface area contributed by atoms with Gasteiger partial charge in [0, 0.05) is 10.0 Å². The summed E-state index contributed by atoms with van der Waals surface area (Å²) in [6.07, 6.45) is 0.714. The molecule has 1 unspecified atom stereocenters. The van der Waals surface area contributed by atoms with Crippen molar-refractivity contribution in [3.8, 4) is 0 Å². The Morgan fingerprint density at radius 2 is 1.71 bits per heavy atom. The lowest BCUT2D eigenvalue weighted by Gasteiger charge is -2.11. The lowest BCUT2D eigenvalue weighted by Crippen LogP contribution is -1.96. The van der Waals surface area contributed by atoms with E-state index in [-0.39, 0.29) is 5.38 Å². The average molecular weight is 286 g/mol. The van der Waals surface area contributed by atoms with Crippen LogP contribution in [-0.2, 0) is 6.42 Å². The van der Waals surface area contributed by atoms with Crippen LogP contribution in [0.5, 0.6) is 0 Å². The van der Waals surface area contributed by atoms with Crippen molar-refractivity contribution in [3.05, 3.63) is 69.7 Å². The van der Waals surface area contributed by atoms with Gasteiger partial charge in [0.05, 0.1) is 5.38 Å². The molecule has 17 heavy (non-hydrogen) atoms. The summed E-state index contributed by atoms with van der Waals surface area (Å²) in [7, 11) is 0. The molecule has 0 spiro atoms. The summed E-state index contributed by atoms with van der Waals surface area (Å²) in [5.41, 5.74) is 2.06. The van der Waals surface area contributed by atoms with Crippen LogP contribution in [0, 0.1) is 0 Å². The number of halogens is 3. The zero-order valence-electron chi connectivity index (χ0n) is 9.04. The monoisotopic (exact) mass is 284 g/mol. The molecule has 0 aliphatic rings. The Morgan fingerprint density at radius 1 is 0.941 bits per heavy atom. The van der Waals surface area contributed by atoms with Crippen molar-refractivity contribution < 1.29 is 0 Å². The number of alkyl halides is 1. The molecule has 0 saturated heterocycles. The zero-order chi connectivity index (χ0) is 12.3. The predicted molar refractivity (Wildman–Crippen MR) is 75.2 cm³/mol. The average Bonchev–Trinajstić information content (AvgIpc) is 2.29. The molecule has 0 bridgehead atoms. The molecule has 0 fully saturated rings. The van der Waals surface area contributed by atoms with Crippen LogP contribution < -0.4 is 0 Å². The Kier molecular flexibility index (Phi) is 4.33. The van der Waals surface area contributed by atoms with E-state index in [1.54, 1.807) is 0 Å². The lowest BCUT2D eigenvalue weighted by atomic mass is 10.0. The van der Waals surface area contributed by atoms with Crippen molar-refractivity contribution in [1.82, 2.24) is 0 Å². The van der Waals surface area contributed by atoms with E-state index >= 15 is 0 Å². The summed E-state index contributed by atoms with van der Waals surface area (Å²) >= 11 is 18.4. The summed E-state index contributed by atoms with van der Waals surface area (Å²) in [5, 5.41) is 1.29. The van der Waals surface area contributed by atoms with E-state index in [2.05, 4.69) is 0 Å². The molecular weight excluding hydrogens is 275 g/mol. The molecule has 0 saturated carbocycles. The zero-order valence-corrected chi connectivity index (χ0v) is 11.3. The van der Waals surface area contributed by atoms with Crippen LogP contribution >= 0.6 is 34.8 Å². The first kappa shape index (κ1) is 12.8. The molecular formula is C14H11Cl3. The van der Waals surface area contributed by atoms with Gasteiger partial charge in [-0.05, 0) is 35.7 Å². The first-order valence-corrected chi connectivity index (χ1v) is 6.49. The third-order valence-corrected chi connectivity index (χ3v) is 3.52. The highest BCUT2D eigenvalue weighted by Gasteiger charge is 2.12. The maximum Gasteiger partial charge on any atom is 0.0640 e. The third kappa shape index (κ3) is 3.38. The van der Waals surface area contributed by atoms with E-state index in [9.17, 15) is 0 Å². The Morgan fingerprint density at radius 3 is 2.41 bits per heavy atom. The molecule has 0 aliphatic carbocycles. The van der Waals surface area contributed by atoms with Gasteiger partial charge in [-0.15, -0.1) is 11.6 Å². The van der Waals surface area contributed by atoms with Crippen LogP contribution in [0.1, 0.15) is 16.5 Å². The Hall–Kier alpha value is -0.690. The Balaban J connectivity index is 2.17. The van der Waals surface area contributed by atoms with Crippen molar-refractivity contribution in [2.24, 2.45) is 0 Å². The fourth-order valence-corrected chi connectivity index (χ4v) is 2.61. The van der Waals surface area contributed by atoms with Crippen molar-refractivity contribution in [2.45, 2.75) is 11.8 Å². The van der Waals surface area contributed by atoms with E-state index in [0.29, 0.717) is 11.4 Å². The number of rotatable bonds is 3. The third-order valence-electron chi connectivity index (χ3n) is 2.55. The normalized spacial score (nSPS) is 12.4. The predicted octanol–water partition coefficient (Wildman–Crippen LogP) is 5.52. The summed E-state index contributed by atoms with van der Waals surface area (Å²) in [6.45, 7) is 0. The van der Waals surface area contributed by atoms with Gasteiger partial charge in [0.15, 0.2) is 0 Å². The van der Waals surface area contributed by atoms with Crippen LogP contribution in [0.4, 0.5) is 0 Å². The topological polar surface area (TPSA) is 0 Å². The smallest absolute Gasteiger partial charge is 0.0640 e. The van der Waals surface area contributed by atoms with Crippen LogP contribution in [0.2, 0.25) is 10.0 Å². The second-order valence-corrected chi connectivity index (χ2v) is 5.19. The highest BCUT2D eigenvalue weighted by atomic mass is 35.5. The molecule has 0 heterocycles. The van der Waals surface area contributed by atoms with E-state index in [0.717, 1.165) is 16.1 Å². The summed E-state index contributed by atoms with van der Waals surface area (Å²) in [6, 6.07) is 15.3. The second-order valence-electron chi connectivity index (χ2n) is 3.82. The van der Waals surface area contributed by atoms with E-state index < -0.39 is 0 Å². The van der Waals surface area contributed by atoms with Gasteiger partial charge in [-0.2, -0.15) is 0 Å². The van der Waals surface area contributed by atoms with Gasteiger partial charge in [0.1, 0.15) is 0 Å². The van der Waals surface area contributed by atoms with Gasteiger partial charge in [-0.1, -0.05) is 53.5 Å². The number of hydrogen-bond acceptors (Lipinski definition) is 0. The van der Waals surface area contributed by atoms with Gasteiger partial charge < -0.3 is 0 Å². The van der Waals surface area contributed by atoms with Gasteiger partial charge in [0.2, 0.25) is 0 Å². The van der Waals surface area contributed by atoms with Gasteiger partial charge in [-0.25, -0.2) is 0 Å². The molecule has 88 valence electrons. The first-order valence-electron chi connectivity index (χ1n) is 5.30. The molecule has 2 aromatic rings. The quantitative estimate of drug-likeness (QED) is 0.652. The number of hydrogen-bond donors (Lipinski definition) is 0. The molecule has 2 rings (SSSR count). The van der Waals surface area contributed by atoms with Crippen molar-refractivity contribution in [2.75, 3.05) is 0 Å². The van der Waals surface area contributed by atoms with Gasteiger partial charge in [0.25, 0.3) is 0 Å². The molecule has 0 amide bonds. The van der Waals surface area contributed by atoms with E-state index in [4.69, 9.17) is 34.8 Å². The molecule has 2 aromatic carbocycles. The lowest BCUT2D eigenvalue weighted by molar-refractivity contribution is 0.920. The molecule has 0 nitrogen and oxygen atoms in total. The van der Waals surface area contributed by atoms with Crippen LogP contribution in [0.3, 0.4) is 0 Å². The van der Waals surface area contributed by atoms with Crippen LogP contribution in [0.15, 0.2) is 48.5 Å². The SMILES string of the molecule is Clc1cccc(CC(Cl)c2ccccc2Cl)c1.